The SMILES string of the molecule is CONCc1ccc(N2CCOCC2)c(Cl)c1. The van der Waals surface area contributed by atoms with Crippen molar-refractivity contribution in [2.45, 2.75) is 6.54 Å². The first-order chi connectivity index (χ1) is 8.31. The lowest BCUT2D eigenvalue weighted by Crippen LogP contribution is -2.36. The second-order valence-corrected chi connectivity index (χ2v) is 4.32. The summed E-state index contributed by atoms with van der Waals surface area (Å²) in [5, 5.41) is 0.780. The van der Waals surface area contributed by atoms with Gasteiger partial charge in [-0.3, -0.25) is 0 Å². The van der Waals surface area contributed by atoms with E-state index in [1.165, 1.54) is 0 Å². The van der Waals surface area contributed by atoms with Crippen molar-refractivity contribution < 1.29 is 9.57 Å². The number of halogens is 1. The van der Waals surface area contributed by atoms with Gasteiger partial charge in [-0.15, -0.1) is 0 Å². The molecule has 94 valence electrons. The number of morpholine rings is 1. The van der Waals surface area contributed by atoms with Crippen LogP contribution < -0.4 is 10.4 Å². The number of hydroxylamine groups is 1. The Labute approximate surface area is 106 Å². The predicted molar refractivity (Wildman–Crippen MR) is 68.3 cm³/mol. The maximum atomic E-state index is 6.29. The lowest BCUT2D eigenvalue weighted by atomic mass is 10.2. The van der Waals surface area contributed by atoms with E-state index < -0.39 is 0 Å². The van der Waals surface area contributed by atoms with Gasteiger partial charge >= 0.3 is 0 Å². The van der Waals surface area contributed by atoms with Crippen LogP contribution in [0.5, 0.6) is 0 Å². The first-order valence-corrected chi connectivity index (χ1v) is 6.06. The van der Waals surface area contributed by atoms with Crippen LogP contribution in [0.25, 0.3) is 0 Å². The van der Waals surface area contributed by atoms with Crippen LogP contribution in [0.4, 0.5) is 5.69 Å². The minimum atomic E-state index is 0.652. The smallest absolute Gasteiger partial charge is 0.0642 e. The topological polar surface area (TPSA) is 33.7 Å². The van der Waals surface area contributed by atoms with E-state index in [1.807, 2.05) is 6.07 Å². The summed E-state index contributed by atoms with van der Waals surface area (Å²) in [7, 11) is 1.60. The molecule has 0 bridgehead atoms. The first-order valence-electron chi connectivity index (χ1n) is 5.68. The third kappa shape index (κ3) is 3.33. The molecule has 1 aromatic rings. The number of hydrogen-bond donors (Lipinski definition) is 1. The zero-order chi connectivity index (χ0) is 12.1. The van der Waals surface area contributed by atoms with Crippen molar-refractivity contribution in [3.63, 3.8) is 0 Å². The Balaban J connectivity index is 2.07. The van der Waals surface area contributed by atoms with Crippen molar-refractivity contribution in [3.05, 3.63) is 28.8 Å². The molecule has 0 unspecified atom stereocenters. The van der Waals surface area contributed by atoms with Crippen LogP contribution in [0.3, 0.4) is 0 Å². The van der Waals surface area contributed by atoms with Gasteiger partial charge in [-0.05, 0) is 17.7 Å². The van der Waals surface area contributed by atoms with E-state index >= 15 is 0 Å². The molecule has 1 aromatic carbocycles. The lowest BCUT2D eigenvalue weighted by molar-refractivity contribution is 0.0867. The van der Waals surface area contributed by atoms with Gasteiger partial charge in [-0.2, -0.15) is 5.48 Å². The van der Waals surface area contributed by atoms with E-state index in [-0.39, 0.29) is 0 Å². The van der Waals surface area contributed by atoms with Crippen LogP contribution in [-0.2, 0) is 16.1 Å². The van der Waals surface area contributed by atoms with Gasteiger partial charge in [0.2, 0.25) is 0 Å². The summed E-state index contributed by atoms with van der Waals surface area (Å²) >= 11 is 6.29. The molecule has 0 atom stereocenters. The molecule has 1 saturated heterocycles. The molecule has 0 amide bonds. The Morgan fingerprint density at radius 3 is 2.82 bits per heavy atom. The first kappa shape index (κ1) is 12.6. The minimum absolute atomic E-state index is 0.652. The molecule has 1 aliphatic heterocycles. The molecule has 0 spiro atoms. The number of ether oxygens (including phenoxy) is 1. The number of benzene rings is 1. The third-order valence-corrected chi connectivity index (χ3v) is 3.09. The summed E-state index contributed by atoms with van der Waals surface area (Å²) < 4.78 is 5.33. The number of nitrogens with zero attached hydrogens (tertiary/aromatic N) is 1. The van der Waals surface area contributed by atoms with Crippen LogP contribution >= 0.6 is 11.6 Å². The zero-order valence-electron chi connectivity index (χ0n) is 9.91. The molecule has 1 aliphatic rings. The summed E-state index contributed by atoms with van der Waals surface area (Å²) in [4.78, 5) is 7.06. The summed E-state index contributed by atoms with van der Waals surface area (Å²) in [6, 6.07) is 6.08. The standard InChI is InChI=1S/C12H17ClN2O2/c1-16-14-9-10-2-3-12(11(13)8-10)15-4-6-17-7-5-15/h2-3,8,14H,4-7,9H2,1H3. The van der Waals surface area contributed by atoms with Gasteiger partial charge in [0.15, 0.2) is 0 Å². The molecule has 1 N–H and O–H groups in total. The average Bonchev–Trinajstić information content (AvgIpc) is 2.37. The molecule has 0 aliphatic carbocycles. The maximum Gasteiger partial charge on any atom is 0.0642 e. The predicted octanol–water partition coefficient (Wildman–Crippen LogP) is 1.83. The van der Waals surface area contributed by atoms with Crippen molar-refractivity contribution in [3.8, 4) is 0 Å². The highest BCUT2D eigenvalue weighted by Gasteiger charge is 2.14. The van der Waals surface area contributed by atoms with Crippen LogP contribution in [0.15, 0.2) is 18.2 Å². The van der Waals surface area contributed by atoms with Gasteiger partial charge in [-0.25, -0.2) is 0 Å². The van der Waals surface area contributed by atoms with Crippen LogP contribution in [0, 0.1) is 0 Å². The highest BCUT2D eigenvalue weighted by molar-refractivity contribution is 6.33. The fourth-order valence-corrected chi connectivity index (χ4v) is 2.20. The quantitative estimate of drug-likeness (QED) is 0.834. The van der Waals surface area contributed by atoms with Gasteiger partial charge in [0.25, 0.3) is 0 Å². The summed E-state index contributed by atoms with van der Waals surface area (Å²) in [6.07, 6.45) is 0. The van der Waals surface area contributed by atoms with E-state index in [2.05, 4.69) is 22.5 Å². The molecule has 17 heavy (non-hydrogen) atoms. The van der Waals surface area contributed by atoms with E-state index in [9.17, 15) is 0 Å². The molecule has 2 rings (SSSR count). The van der Waals surface area contributed by atoms with Crippen molar-refractivity contribution in [2.24, 2.45) is 0 Å². The lowest BCUT2D eigenvalue weighted by Gasteiger charge is -2.29. The normalized spacial score (nSPS) is 16.2. The molecular formula is C12H17ClN2O2. The molecule has 1 heterocycles. The average molecular weight is 257 g/mol. The maximum absolute atomic E-state index is 6.29. The summed E-state index contributed by atoms with van der Waals surface area (Å²) in [6.45, 7) is 3.98. The van der Waals surface area contributed by atoms with E-state index in [4.69, 9.17) is 21.2 Å². The molecular weight excluding hydrogens is 240 g/mol. The zero-order valence-corrected chi connectivity index (χ0v) is 10.7. The number of anilines is 1. The van der Waals surface area contributed by atoms with Crippen LogP contribution in [0.2, 0.25) is 5.02 Å². The molecule has 0 aromatic heterocycles. The Morgan fingerprint density at radius 2 is 2.18 bits per heavy atom. The fourth-order valence-electron chi connectivity index (χ4n) is 1.88. The largest absolute Gasteiger partial charge is 0.378 e. The van der Waals surface area contributed by atoms with Crippen molar-refractivity contribution in [2.75, 3.05) is 38.3 Å². The monoisotopic (exact) mass is 256 g/mol. The van der Waals surface area contributed by atoms with E-state index in [0.717, 1.165) is 42.6 Å². The number of nitrogens with one attached hydrogen (secondary N) is 1. The van der Waals surface area contributed by atoms with Crippen molar-refractivity contribution in [1.82, 2.24) is 5.48 Å². The van der Waals surface area contributed by atoms with E-state index in [0.29, 0.717) is 6.54 Å². The molecule has 0 saturated carbocycles. The third-order valence-electron chi connectivity index (χ3n) is 2.78. The second-order valence-electron chi connectivity index (χ2n) is 3.91. The molecule has 4 nitrogen and oxygen atoms in total. The van der Waals surface area contributed by atoms with Gasteiger partial charge < -0.3 is 14.5 Å². The highest BCUT2D eigenvalue weighted by atomic mass is 35.5. The fraction of sp³-hybridized carbons (Fsp3) is 0.500. The summed E-state index contributed by atoms with van der Waals surface area (Å²) in [5.74, 6) is 0. The Hall–Kier alpha value is -0.810. The second kappa shape index (κ2) is 6.21. The molecule has 1 fully saturated rings. The van der Waals surface area contributed by atoms with Gasteiger partial charge in [-0.1, -0.05) is 17.7 Å². The Morgan fingerprint density at radius 1 is 1.41 bits per heavy atom. The Kier molecular flexibility index (Phi) is 4.62. The molecule has 0 radical (unpaired) electrons. The van der Waals surface area contributed by atoms with Crippen molar-refractivity contribution >= 4 is 17.3 Å². The van der Waals surface area contributed by atoms with E-state index in [1.54, 1.807) is 7.11 Å². The summed E-state index contributed by atoms with van der Waals surface area (Å²) in [5.41, 5.74) is 4.98. The van der Waals surface area contributed by atoms with Crippen molar-refractivity contribution in [1.29, 1.82) is 0 Å². The van der Waals surface area contributed by atoms with Gasteiger partial charge in [0.05, 0.1) is 31.0 Å². The molecule has 5 heteroatoms. The Bertz CT molecular complexity index is 368. The van der Waals surface area contributed by atoms with Gasteiger partial charge in [0, 0.05) is 19.6 Å². The number of hydrogen-bond acceptors (Lipinski definition) is 4. The number of rotatable bonds is 4. The van der Waals surface area contributed by atoms with Gasteiger partial charge in [0.1, 0.15) is 0 Å². The highest BCUT2D eigenvalue weighted by Crippen LogP contribution is 2.27. The minimum Gasteiger partial charge on any atom is -0.378 e. The van der Waals surface area contributed by atoms with Crippen LogP contribution in [0.1, 0.15) is 5.56 Å². The van der Waals surface area contributed by atoms with Crippen LogP contribution in [-0.4, -0.2) is 33.4 Å².